The van der Waals surface area contributed by atoms with E-state index < -0.39 is 20.3 Å². The van der Waals surface area contributed by atoms with Gasteiger partial charge in [-0.3, -0.25) is 0 Å². The topological polar surface area (TPSA) is 63.6 Å². The molecule has 4 nitrogen and oxygen atoms in total. The summed E-state index contributed by atoms with van der Waals surface area (Å²) in [6.07, 6.45) is 3.98. The zero-order valence-corrected chi connectivity index (χ0v) is 17.0. The van der Waals surface area contributed by atoms with Crippen LogP contribution in [0, 0.1) is 5.92 Å². The van der Waals surface area contributed by atoms with Crippen molar-refractivity contribution >= 4 is 20.3 Å². The Morgan fingerprint density at radius 3 is 1.87 bits per heavy atom. The van der Waals surface area contributed by atoms with Gasteiger partial charge in [-0.2, -0.15) is 0 Å². The van der Waals surface area contributed by atoms with Crippen LogP contribution in [-0.2, 0) is 14.0 Å². The van der Waals surface area contributed by atoms with Gasteiger partial charge in [0.25, 0.3) is 8.32 Å². The zero-order valence-electron chi connectivity index (χ0n) is 16.0. The molecule has 0 spiro atoms. The van der Waals surface area contributed by atoms with Crippen molar-refractivity contribution in [2.24, 2.45) is 5.92 Å². The van der Waals surface area contributed by atoms with Crippen LogP contribution >= 0.6 is 0 Å². The fraction of sp³-hybridized carbons (Fsp3) is 0.778. The molecule has 0 heterocycles. The SMILES string of the molecule is CC(C)CCC(C)(C)[Si](OC(=O)/C=C\C(=O)O)(C(C)C)C(C)C. The minimum absolute atomic E-state index is 0.0771. The largest absolute Gasteiger partial charge is 0.515 e. The fourth-order valence-corrected chi connectivity index (χ4v) is 9.93. The first-order valence-electron chi connectivity index (χ1n) is 8.50. The van der Waals surface area contributed by atoms with E-state index in [1.54, 1.807) is 0 Å². The van der Waals surface area contributed by atoms with Crippen LogP contribution in [0.4, 0.5) is 0 Å². The predicted molar refractivity (Wildman–Crippen MR) is 96.9 cm³/mol. The van der Waals surface area contributed by atoms with E-state index in [2.05, 4.69) is 55.4 Å². The van der Waals surface area contributed by atoms with Crippen LogP contribution in [0.1, 0.15) is 68.2 Å². The molecule has 0 radical (unpaired) electrons. The third kappa shape index (κ3) is 5.79. The molecule has 0 aliphatic rings. The summed E-state index contributed by atoms with van der Waals surface area (Å²) in [7, 11) is -2.47. The number of carboxylic acids is 1. The molecule has 0 aromatic rings. The zero-order chi connectivity index (χ0) is 18.4. The van der Waals surface area contributed by atoms with Gasteiger partial charge < -0.3 is 9.53 Å². The number of rotatable bonds is 9. The van der Waals surface area contributed by atoms with Crippen molar-refractivity contribution in [2.75, 3.05) is 0 Å². The van der Waals surface area contributed by atoms with Gasteiger partial charge in [-0.1, -0.05) is 61.8 Å². The maximum Gasteiger partial charge on any atom is 0.328 e. The molecule has 0 bridgehead atoms. The minimum Gasteiger partial charge on any atom is -0.515 e. The molecule has 0 saturated carbocycles. The van der Waals surface area contributed by atoms with Crippen LogP contribution in [0.15, 0.2) is 12.2 Å². The van der Waals surface area contributed by atoms with Crippen molar-refractivity contribution in [2.45, 2.75) is 84.4 Å². The lowest BCUT2D eigenvalue weighted by molar-refractivity contribution is -0.133. The van der Waals surface area contributed by atoms with Crippen molar-refractivity contribution in [1.29, 1.82) is 0 Å². The second-order valence-corrected chi connectivity index (χ2v) is 13.5. The summed E-state index contributed by atoms with van der Waals surface area (Å²) < 4.78 is 6.06. The Labute approximate surface area is 142 Å². The van der Waals surface area contributed by atoms with Gasteiger partial charge in [-0.05, 0) is 28.5 Å². The second kappa shape index (κ2) is 8.67. The number of hydrogen-bond donors (Lipinski definition) is 1. The van der Waals surface area contributed by atoms with Crippen molar-refractivity contribution in [3.05, 3.63) is 12.2 Å². The van der Waals surface area contributed by atoms with Gasteiger partial charge >= 0.3 is 11.9 Å². The Hall–Kier alpha value is -1.10. The summed E-state index contributed by atoms with van der Waals surface area (Å²) in [6.45, 7) is 17.3. The molecule has 0 rings (SSSR count). The Bertz CT molecular complexity index is 428. The van der Waals surface area contributed by atoms with Crippen LogP contribution in [0.3, 0.4) is 0 Å². The van der Waals surface area contributed by atoms with Crippen LogP contribution in [0.5, 0.6) is 0 Å². The first kappa shape index (κ1) is 21.9. The van der Waals surface area contributed by atoms with Gasteiger partial charge in [0.15, 0.2) is 0 Å². The van der Waals surface area contributed by atoms with Gasteiger partial charge in [0.1, 0.15) is 0 Å². The molecule has 0 saturated heterocycles. The number of aliphatic carboxylic acids is 1. The number of carboxylic acid groups (broad SMARTS) is 1. The van der Waals surface area contributed by atoms with Crippen molar-refractivity contribution in [3.8, 4) is 0 Å². The second-order valence-electron chi connectivity index (χ2n) is 8.01. The van der Waals surface area contributed by atoms with E-state index in [4.69, 9.17) is 9.53 Å². The highest BCUT2D eigenvalue weighted by Gasteiger charge is 2.56. The lowest BCUT2D eigenvalue weighted by atomic mass is 10.00. The summed E-state index contributed by atoms with van der Waals surface area (Å²) >= 11 is 0. The average Bonchev–Trinajstić information content (AvgIpc) is 2.39. The highest BCUT2D eigenvalue weighted by molar-refractivity contribution is 6.80. The number of carbonyl (C=O) groups is 2. The third-order valence-electron chi connectivity index (χ3n) is 4.75. The van der Waals surface area contributed by atoms with Crippen LogP contribution in [-0.4, -0.2) is 25.4 Å². The maximum atomic E-state index is 12.2. The molecule has 0 amide bonds. The first-order chi connectivity index (χ1) is 10.4. The summed E-state index contributed by atoms with van der Waals surface area (Å²) in [6, 6.07) is 0. The fourth-order valence-electron chi connectivity index (χ4n) is 3.79. The van der Waals surface area contributed by atoms with Crippen molar-refractivity contribution in [3.63, 3.8) is 0 Å². The predicted octanol–water partition coefficient (Wildman–Crippen LogP) is 5.15. The summed E-state index contributed by atoms with van der Waals surface area (Å²) in [5.41, 5.74) is 0.513. The van der Waals surface area contributed by atoms with E-state index in [0.29, 0.717) is 5.92 Å². The van der Waals surface area contributed by atoms with Gasteiger partial charge in [-0.25, -0.2) is 9.59 Å². The normalized spacial score (nSPS) is 13.3. The Morgan fingerprint density at radius 1 is 1.04 bits per heavy atom. The molecule has 0 aliphatic carbocycles. The standard InChI is InChI=1S/C18H34O4Si/c1-13(2)11-12-18(7,8)23(14(3)4,15(5)6)22-17(21)10-9-16(19)20/h9-10,13-15H,11-12H2,1-8H3,(H,19,20)/b10-9-. The smallest absolute Gasteiger partial charge is 0.328 e. The molecule has 0 unspecified atom stereocenters. The summed E-state index contributed by atoms with van der Waals surface area (Å²) in [4.78, 5) is 22.8. The van der Waals surface area contributed by atoms with Gasteiger partial charge in [-0.15, -0.1) is 0 Å². The van der Waals surface area contributed by atoms with E-state index in [-0.39, 0.29) is 16.1 Å². The van der Waals surface area contributed by atoms with E-state index in [1.807, 2.05) is 0 Å². The molecule has 1 N–H and O–H groups in total. The molecule has 0 atom stereocenters. The number of carbonyl (C=O) groups excluding carboxylic acids is 1. The Kier molecular flexibility index (Phi) is 8.25. The molecular weight excluding hydrogens is 308 g/mol. The molecular formula is C18H34O4Si. The molecule has 0 fully saturated rings. The highest BCUT2D eigenvalue weighted by Crippen LogP contribution is 2.54. The van der Waals surface area contributed by atoms with Crippen LogP contribution in [0.25, 0.3) is 0 Å². The van der Waals surface area contributed by atoms with Gasteiger partial charge in [0.05, 0.1) is 0 Å². The molecule has 0 aliphatic heterocycles. The molecule has 0 aromatic carbocycles. The molecule has 134 valence electrons. The average molecular weight is 343 g/mol. The van der Waals surface area contributed by atoms with Crippen LogP contribution in [0.2, 0.25) is 16.1 Å². The summed E-state index contributed by atoms with van der Waals surface area (Å²) in [5.74, 6) is -1.07. The van der Waals surface area contributed by atoms with E-state index in [9.17, 15) is 9.59 Å². The monoisotopic (exact) mass is 342 g/mol. The van der Waals surface area contributed by atoms with Crippen molar-refractivity contribution in [1.82, 2.24) is 0 Å². The Morgan fingerprint density at radius 2 is 1.52 bits per heavy atom. The quantitative estimate of drug-likeness (QED) is 0.465. The minimum atomic E-state index is -2.47. The van der Waals surface area contributed by atoms with Gasteiger partial charge in [0.2, 0.25) is 0 Å². The Balaban J connectivity index is 5.64. The lowest BCUT2D eigenvalue weighted by Crippen LogP contribution is -2.54. The molecule has 23 heavy (non-hydrogen) atoms. The van der Waals surface area contributed by atoms with Gasteiger partial charge in [0, 0.05) is 12.2 Å². The van der Waals surface area contributed by atoms with E-state index in [0.717, 1.165) is 25.0 Å². The third-order valence-corrected chi connectivity index (χ3v) is 11.1. The highest BCUT2D eigenvalue weighted by atomic mass is 28.4. The van der Waals surface area contributed by atoms with Crippen molar-refractivity contribution < 1.29 is 19.1 Å². The van der Waals surface area contributed by atoms with Crippen LogP contribution < -0.4 is 0 Å². The van der Waals surface area contributed by atoms with E-state index >= 15 is 0 Å². The number of hydrogen-bond acceptors (Lipinski definition) is 3. The lowest BCUT2D eigenvalue weighted by Gasteiger charge is -2.49. The summed E-state index contributed by atoms with van der Waals surface area (Å²) in [5, 5.41) is 8.62. The molecule has 5 heteroatoms. The maximum absolute atomic E-state index is 12.2. The first-order valence-corrected chi connectivity index (χ1v) is 10.6. The molecule has 0 aromatic heterocycles. The van der Waals surface area contributed by atoms with E-state index in [1.165, 1.54) is 0 Å².